The van der Waals surface area contributed by atoms with Crippen molar-refractivity contribution in [3.63, 3.8) is 0 Å². The number of carbonyl (C=O) groups is 2. The molecule has 1 amide bonds. The first-order chi connectivity index (χ1) is 14.8. The monoisotopic (exact) mass is 440 g/mol. The average molecular weight is 441 g/mol. The molecule has 1 aromatic heterocycles. The summed E-state index contributed by atoms with van der Waals surface area (Å²) in [6.07, 6.45) is 3.18. The van der Waals surface area contributed by atoms with E-state index in [0.29, 0.717) is 19.6 Å². The maximum Gasteiger partial charge on any atom is 0.326 e. The second-order valence-corrected chi connectivity index (χ2v) is 7.56. The van der Waals surface area contributed by atoms with Crippen LogP contribution in [0.5, 0.6) is 0 Å². The van der Waals surface area contributed by atoms with Crippen LogP contribution in [0.1, 0.15) is 44.4 Å². The Labute approximate surface area is 184 Å². The summed E-state index contributed by atoms with van der Waals surface area (Å²) in [6.45, 7) is 4.24. The average Bonchev–Trinajstić information content (AvgIpc) is 2.76. The predicted octanol–water partition coefficient (Wildman–Crippen LogP) is 2.27. The Morgan fingerprint density at radius 3 is 2.58 bits per heavy atom. The molecule has 0 radical (unpaired) electrons. The largest absolute Gasteiger partial charge is 0.480 e. The zero-order valence-electron chi connectivity index (χ0n) is 19.1. The minimum Gasteiger partial charge on any atom is -0.480 e. The number of methoxy groups -OCH3 is 1. The summed E-state index contributed by atoms with van der Waals surface area (Å²) in [5.74, 6) is -0.559. The van der Waals surface area contributed by atoms with E-state index in [-0.39, 0.29) is 12.3 Å². The van der Waals surface area contributed by atoms with Crippen molar-refractivity contribution in [3.05, 3.63) is 23.4 Å². The molecule has 1 rings (SSSR count). The number of amides is 1. The van der Waals surface area contributed by atoms with Gasteiger partial charge in [0.1, 0.15) is 18.5 Å². The highest BCUT2D eigenvalue weighted by Gasteiger charge is 2.21. The number of halogens is 1. The number of carboxylic acids is 1. The topological polar surface area (TPSA) is 104 Å². The summed E-state index contributed by atoms with van der Waals surface area (Å²) >= 11 is 0. The van der Waals surface area contributed by atoms with Gasteiger partial charge in [-0.05, 0) is 50.3 Å². The molecule has 0 aliphatic carbocycles. The highest BCUT2D eigenvalue weighted by atomic mass is 19.1. The maximum absolute atomic E-state index is 13.1. The number of nitrogens with zero attached hydrogens (tertiary/aromatic N) is 2. The fourth-order valence-electron chi connectivity index (χ4n) is 3.39. The van der Waals surface area contributed by atoms with Crippen LogP contribution in [0.15, 0.2) is 12.1 Å². The molecule has 0 bridgehead atoms. The van der Waals surface area contributed by atoms with Gasteiger partial charge in [-0.15, -0.1) is 0 Å². The zero-order valence-corrected chi connectivity index (χ0v) is 19.1. The van der Waals surface area contributed by atoms with Gasteiger partial charge in [0.05, 0.1) is 6.10 Å². The van der Waals surface area contributed by atoms with E-state index in [1.807, 2.05) is 18.0 Å². The third-order valence-corrected chi connectivity index (χ3v) is 5.19. The minimum atomic E-state index is -1.08. The van der Waals surface area contributed by atoms with Crippen molar-refractivity contribution in [2.45, 2.75) is 58.1 Å². The van der Waals surface area contributed by atoms with Gasteiger partial charge >= 0.3 is 5.97 Å². The molecule has 2 unspecified atom stereocenters. The molecule has 3 N–H and O–H groups in total. The number of rotatable bonds is 16. The Morgan fingerprint density at radius 2 is 2.03 bits per heavy atom. The van der Waals surface area contributed by atoms with E-state index in [1.165, 1.54) is 19.6 Å². The van der Waals surface area contributed by atoms with Crippen molar-refractivity contribution in [2.24, 2.45) is 0 Å². The van der Waals surface area contributed by atoms with Crippen LogP contribution in [0, 0.1) is 0 Å². The van der Waals surface area contributed by atoms with Gasteiger partial charge in [0.2, 0.25) is 5.91 Å². The molecular weight excluding hydrogens is 403 g/mol. The predicted molar refractivity (Wildman–Crippen MR) is 119 cm³/mol. The van der Waals surface area contributed by atoms with Crippen molar-refractivity contribution < 1.29 is 23.8 Å². The number of hydrogen-bond acceptors (Lipinski definition) is 6. The first-order valence-electron chi connectivity index (χ1n) is 10.8. The number of alkyl halides is 1. The normalized spacial score (nSPS) is 13.1. The minimum absolute atomic E-state index is 0.239. The summed E-state index contributed by atoms with van der Waals surface area (Å²) in [6, 6.07) is 3.18. The number of anilines is 1. The molecule has 2 atom stereocenters. The van der Waals surface area contributed by atoms with Crippen molar-refractivity contribution >= 4 is 17.7 Å². The summed E-state index contributed by atoms with van der Waals surface area (Å²) in [4.78, 5) is 29.3. The Bertz CT molecular complexity index is 685. The summed E-state index contributed by atoms with van der Waals surface area (Å²) in [5.41, 5.74) is 2.20. The number of unbranched alkanes of at least 4 members (excludes halogenated alkanes) is 1. The lowest BCUT2D eigenvalue weighted by Crippen LogP contribution is -2.43. The molecule has 8 nitrogen and oxygen atoms in total. The number of aliphatic carboxylic acids is 1. The quantitative estimate of drug-likeness (QED) is 0.339. The molecule has 0 saturated carbocycles. The standard InChI is InChI=1S/C22H37FN4O4/c1-5-17-9-10-18(26-21(17)24-3)8-6-7-12-27(15-19(14-23)31-4)13-11-20(22(29)30)25-16(2)28/h9-10,19-20H,5-8,11-15H2,1-4H3,(H,24,26)(H,25,28)(H,29,30). The Balaban J connectivity index is 2.62. The van der Waals surface area contributed by atoms with Gasteiger partial charge in [0, 0.05) is 39.9 Å². The van der Waals surface area contributed by atoms with E-state index in [2.05, 4.69) is 28.6 Å². The van der Waals surface area contributed by atoms with Crippen molar-refractivity contribution in [1.82, 2.24) is 15.2 Å². The van der Waals surface area contributed by atoms with Crippen LogP contribution in [-0.2, 0) is 27.2 Å². The molecule has 0 aliphatic heterocycles. The van der Waals surface area contributed by atoms with E-state index in [1.54, 1.807) is 0 Å². The van der Waals surface area contributed by atoms with Gasteiger partial charge in [-0.3, -0.25) is 4.79 Å². The van der Waals surface area contributed by atoms with Crippen LogP contribution in [0.2, 0.25) is 0 Å². The van der Waals surface area contributed by atoms with E-state index >= 15 is 0 Å². The van der Waals surface area contributed by atoms with Gasteiger partial charge in [0.15, 0.2) is 0 Å². The Hall–Kier alpha value is -2.26. The molecule has 31 heavy (non-hydrogen) atoms. The third kappa shape index (κ3) is 10.1. The molecule has 9 heteroatoms. The maximum atomic E-state index is 13.1. The number of ether oxygens (including phenoxy) is 1. The van der Waals surface area contributed by atoms with E-state index in [0.717, 1.165) is 37.2 Å². The van der Waals surface area contributed by atoms with Gasteiger partial charge in [0.25, 0.3) is 0 Å². The number of aromatic nitrogens is 1. The number of carboxylic acid groups (broad SMARTS) is 1. The fraction of sp³-hybridized carbons (Fsp3) is 0.682. The van der Waals surface area contributed by atoms with Gasteiger partial charge in [-0.1, -0.05) is 13.0 Å². The van der Waals surface area contributed by atoms with Crippen LogP contribution in [-0.4, -0.2) is 79.5 Å². The van der Waals surface area contributed by atoms with Gasteiger partial charge < -0.3 is 25.4 Å². The summed E-state index contributed by atoms with van der Waals surface area (Å²) < 4.78 is 18.3. The Kier molecular flexibility index (Phi) is 12.7. The molecule has 1 aromatic rings. The molecule has 1 heterocycles. The second kappa shape index (κ2) is 14.7. The first kappa shape index (κ1) is 26.8. The number of carbonyl (C=O) groups excluding carboxylic acids is 1. The lowest BCUT2D eigenvalue weighted by atomic mass is 10.1. The van der Waals surface area contributed by atoms with Crippen molar-refractivity contribution in [2.75, 3.05) is 45.8 Å². The highest BCUT2D eigenvalue weighted by molar-refractivity contribution is 5.82. The van der Waals surface area contributed by atoms with Gasteiger partial charge in [-0.25, -0.2) is 14.2 Å². The molecule has 0 saturated heterocycles. The molecule has 0 aromatic carbocycles. The van der Waals surface area contributed by atoms with Crippen molar-refractivity contribution in [1.29, 1.82) is 0 Å². The number of nitrogens with one attached hydrogen (secondary N) is 2. The molecule has 0 fully saturated rings. The molecule has 176 valence electrons. The van der Waals surface area contributed by atoms with Crippen LogP contribution in [0.4, 0.5) is 10.2 Å². The smallest absolute Gasteiger partial charge is 0.326 e. The molecule has 0 aliphatic rings. The number of aryl methyl sites for hydroxylation is 2. The summed E-state index contributed by atoms with van der Waals surface area (Å²) in [7, 11) is 3.33. The Morgan fingerprint density at radius 1 is 1.29 bits per heavy atom. The molecule has 0 spiro atoms. The lowest BCUT2D eigenvalue weighted by molar-refractivity contribution is -0.141. The summed E-state index contributed by atoms with van der Waals surface area (Å²) in [5, 5.41) is 14.9. The second-order valence-electron chi connectivity index (χ2n) is 7.56. The van der Waals surface area contributed by atoms with E-state index in [9.17, 15) is 19.1 Å². The van der Waals surface area contributed by atoms with Gasteiger partial charge in [-0.2, -0.15) is 0 Å². The molecular formula is C22H37FN4O4. The lowest BCUT2D eigenvalue weighted by Gasteiger charge is -2.27. The third-order valence-electron chi connectivity index (χ3n) is 5.19. The zero-order chi connectivity index (χ0) is 23.2. The van der Waals surface area contributed by atoms with Crippen LogP contribution in [0.25, 0.3) is 0 Å². The van der Waals surface area contributed by atoms with E-state index < -0.39 is 24.8 Å². The highest BCUT2D eigenvalue weighted by Crippen LogP contribution is 2.15. The first-order valence-corrected chi connectivity index (χ1v) is 10.8. The van der Waals surface area contributed by atoms with E-state index in [4.69, 9.17) is 4.74 Å². The van der Waals surface area contributed by atoms with Crippen molar-refractivity contribution in [3.8, 4) is 0 Å². The number of hydrogen-bond donors (Lipinski definition) is 3. The SMILES string of the molecule is CCc1ccc(CCCCN(CCC(NC(C)=O)C(=O)O)CC(CF)OC)nc1NC. The van der Waals surface area contributed by atoms with Crippen LogP contribution in [0.3, 0.4) is 0 Å². The number of pyridine rings is 1. The van der Waals surface area contributed by atoms with Crippen LogP contribution < -0.4 is 10.6 Å². The fourth-order valence-corrected chi connectivity index (χ4v) is 3.39. The van der Waals surface area contributed by atoms with Crippen LogP contribution >= 0.6 is 0 Å².